The molecule has 1 aliphatic carbocycles. The molecule has 0 aromatic heterocycles. The number of nitrogens with two attached hydrogens (primary N) is 1. The summed E-state index contributed by atoms with van der Waals surface area (Å²) in [5.41, 5.74) is 9.42. The maximum absolute atomic E-state index is 7.43. The SMILES string of the molecule is N=Cc1c(N)cc2c(c1Br)C1(CC2)OCCO1. The van der Waals surface area contributed by atoms with Gasteiger partial charge in [0.15, 0.2) is 5.79 Å². The van der Waals surface area contributed by atoms with Crippen LogP contribution < -0.4 is 5.73 Å². The van der Waals surface area contributed by atoms with E-state index in [0.717, 1.165) is 28.4 Å². The minimum absolute atomic E-state index is 0.611. The number of halogens is 1. The van der Waals surface area contributed by atoms with Gasteiger partial charge in [-0.1, -0.05) is 0 Å². The van der Waals surface area contributed by atoms with E-state index in [1.54, 1.807) is 0 Å². The second-order valence-electron chi connectivity index (χ2n) is 4.32. The number of benzene rings is 1. The molecule has 1 aliphatic heterocycles. The highest BCUT2D eigenvalue weighted by atomic mass is 79.9. The molecule has 0 radical (unpaired) electrons. The van der Waals surface area contributed by atoms with Gasteiger partial charge in [0.25, 0.3) is 0 Å². The van der Waals surface area contributed by atoms with Crippen LogP contribution in [-0.2, 0) is 21.7 Å². The number of hydrogen-bond acceptors (Lipinski definition) is 4. The number of nitrogens with one attached hydrogen (secondary N) is 1. The Morgan fingerprint density at radius 3 is 2.76 bits per heavy atom. The molecule has 90 valence electrons. The molecule has 1 heterocycles. The number of nitrogen functional groups attached to an aromatic ring is 1. The normalized spacial score (nSPS) is 20.8. The minimum Gasteiger partial charge on any atom is -0.398 e. The maximum Gasteiger partial charge on any atom is 0.196 e. The smallest absolute Gasteiger partial charge is 0.196 e. The molecule has 4 nitrogen and oxygen atoms in total. The molecule has 0 unspecified atom stereocenters. The standard InChI is InChI=1S/C12H13BrN2O2/c13-11-8(6-14)9(15)5-7-1-2-12(10(7)11)16-3-4-17-12/h5-6,14H,1-4,15H2. The molecule has 1 aromatic carbocycles. The van der Waals surface area contributed by atoms with Gasteiger partial charge in [-0.15, -0.1) is 0 Å². The van der Waals surface area contributed by atoms with E-state index in [2.05, 4.69) is 15.9 Å². The van der Waals surface area contributed by atoms with Crippen molar-refractivity contribution in [2.24, 2.45) is 0 Å². The van der Waals surface area contributed by atoms with Crippen molar-refractivity contribution < 1.29 is 9.47 Å². The summed E-state index contributed by atoms with van der Waals surface area (Å²) < 4.78 is 12.4. The van der Waals surface area contributed by atoms with Crippen molar-refractivity contribution >= 4 is 27.8 Å². The monoisotopic (exact) mass is 296 g/mol. The molecule has 17 heavy (non-hydrogen) atoms. The van der Waals surface area contributed by atoms with E-state index in [9.17, 15) is 0 Å². The third kappa shape index (κ3) is 1.46. The average molecular weight is 297 g/mol. The maximum atomic E-state index is 7.43. The fourth-order valence-electron chi connectivity index (χ4n) is 2.66. The van der Waals surface area contributed by atoms with E-state index >= 15 is 0 Å². The summed E-state index contributed by atoms with van der Waals surface area (Å²) in [4.78, 5) is 0. The van der Waals surface area contributed by atoms with Crippen molar-refractivity contribution in [3.05, 3.63) is 27.2 Å². The van der Waals surface area contributed by atoms with Crippen molar-refractivity contribution in [1.82, 2.24) is 0 Å². The molecule has 1 aromatic rings. The molecular weight excluding hydrogens is 284 g/mol. The third-order valence-corrected chi connectivity index (χ3v) is 4.24. The van der Waals surface area contributed by atoms with Gasteiger partial charge in [-0.2, -0.15) is 0 Å². The van der Waals surface area contributed by atoms with Crippen LogP contribution in [0.2, 0.25) is 0 Å². The van der Waals surface area contributed by atoms with Gasteiger partial charge in [0.2, 0.25) is 0 Å². The first-order valence-corrected chi connectivity index (χ1v) is 6.37. The highest BCUT2D eigenvalue weighted by Crippen LogP contribution is 2.48. The Morgan fingerprint density at radius 1 is 1.41 bits per heavy atom. The Balaban J connectivity index is 2.23. The van der Waals surface area contributed by atoms with Gasteiger partial charge >= 0.3 is 0 Å². The first-order valence-electron chi connectivity index (χ1n) is 5.58. The Bertz CT molecular complexity index is 496. The highest BCUT2D eigenvalue weighted by Gasteiger charge is 2.46. The summed E-state index contributed by atoms with van der Waals surface area (Å²) in [6.07, 6.45) is 2.99. The number of hydrogen-bond donors (Lipinski definition) is 2. The van der Waals surface area contributed by atoms with Crippen LogP contribution in [0.5, 0.6) is 0 Å². The Kier molecular flexibility index (Phi) is 2.50. The molecule has 0 saturated carbocycles. The van der Waals surface area contributed by atoms with Gasteiger partial charge in [0, 0.05) is 33.9 Å². The predicted octanol–water partition coefficient (Wildman–Crippen LogP) is 2.17. The van der Waals surface area contributed by atoms with Crippen LogP contribution >= 0.6 is 15.9 Å². The number of fused-ring (bicyclic) bond motifs is 2. The molecule has 0 amide bonds. The summed E-state index contributed by atoms with van der Waals surface area (Å²) >= 11 is 3.54. The minimum atomic E-state index is -0.611. The van der Waals surface area contributed by atoms with Crippen molar-refractivity contribution in [1.29, 1.82) is 5.41 Å². The van der Waals surface area contributed by atoms with E-state index < -0.39 is 5.79 Å². The Hall–Kier alpha value is -0.910. The molecule has 3 rings (SSSR count). The fraction of sp³-hybridized carbons (Fsp3) is 0.417. The zero-order chi connectivity index (χ0) is 12.0. The fourth-order valence-corrected chi connectivity index (χ4v) is 3.56. The van der Waals surface area contributed by atoms with Gasteiger partial charge in [-0.05, 0) is 34.0 Å². The summed E-state index contributed by atoms with van der Waals surface area (Å²) in [5.74, 6) is -0.611. The predicted molar refractivity (Wildman–Crippen MR) is 68.3 cm³/mol. The Labute approximate surface area is 108 Å². The van der Waals surface area contributed by atoms with Crippen molar-refractivity contribution in [2.75, 3.05) is 18.9 Å². The van der Waals surface area contributed by atoms with Crippen LogP contribution in [0.4, 0.5) is 5.69 Å². The van der Waals surface area contributed by atoms with Gasteiger partial charge in [-0.25, -0.2) is 0 Å². The molecule has 0 atom stereocenters. The Morgan fingerprint density at radius 2 is 2.12 bits per heavy atom. The van der Waals surface area contributed by atoms with Crippen molar-refractivity contribution in [2.45, 2.75) is 18.6 Å². The quantitative estimate of drug-likeness (QED) is 0.616. The van der Waals surface area contributed by atoms with Gasteiger partial charge < -0.3 is 20.6 Å². The molecule has 1 saturated heterocycles. The van der Waals surface area contributed by atoms with E-state index in [-0.39, 0.29) is 0 Å². The number of aryl methyl sites for hydroxylation is 1. The first-order chi connectivity index (χ1) is 8.18. The summed E-state index contributed by atoms with van der Waals surface area (Å²) in [6.45, 7) is 1.24. The van der Waals surface area contributed by atoms with Crippen molar-refractivity contribution in [3.8, 4) is 0 Å². The number of ether oxygens (including phenoxy) is 2. The molecule has 5 heteroatoms. The van der Waals surface area contributed by atoms with Crippen molar-refractivity contribution in [3.63, 3.8) is 0 Å². The molecule has 1 spiro atoms. The second-order valence-corrected chi connectivity index (χ2v) is 5.11. The molecule has 1 fully saturated rings. The first kappa shape index (κ1) is 11.2. The van der Waals surface area contributed by atoms with Crippen LogP contribution in [0, 0.1) is 5.41 Å². The van der Waals surface area contributed by atoms with E-state index in [1.165, 1.54) is 6.21 Å². The lowest BCUT2D eigenvalue weighted by Gasteiger charge is -2.24. The van der Waals surface area contributed by atoms with Gasteiger partial charge in [0.05, 0.1) is 13.2 Å². The van der Waals surface area contributed by atoms with Gasteiger partial charge in [0.1, 0.15) is 0 Å². The average Bonchev–Trinajstić information content (AvgIpc) is 2.89. The van der Waals surface area contributed by atoms with E-state index in [1.807, 2.05) is 6.07 Å². The lowest BCUT2D eigenvalue weighted by Crippen LogP contribution is -2.24. The number of rotatable bonds is 1. The third-order valence-electron chi connectivity index (χ3n) is 3.42. The van der Waals surface area contributed by atoms with Gasteiger partial charge in [-0.3, -0.25) is 0 Å². The lowest BCUT2D eigenvalue weighted by molar-refractivity contribution is -0.163. The zero-order valence-corrected chi connectivity index (χ0v) is 10.8. The highest BCUT2D eigenvalue weighted by molar-refractivity contribution is 9.10. The van der Waals surface area contributed by atoms with Crippen LogP contribution in [0.3, 0.4) is 0 Å². The van der Waals surface area contributed by atoms with Crippen LogP contribution in [0.25, 0.3) is 0 Å². The second kappa shape index (κ2) is 3.80. The summed E-state index contributed by atoms with van der Waals surface area (Å²) in [6, 6.07) is 1.93. The lowest BCUT2D eigenvalue weighted by atomic mass is 10.0. The zero-order valence-electron chi connectivity index (χ0n) is 9.25. The largest absolute Gasteiger partial charge is 0.398 e. The summed E-state index contributed by atoms with van der Waals surface area (Å²) in [5, 5.41) is 7.43. The topological polar surface area (TPSA) is 68.3 Å². The van der Waals surface area contributed by atoms with E-state index in [4.69, 9.17) is 20.6 Å². The molecule has 3 N–H and O–H groups in total. The van der Waals surface area contributed by atoms with Crippen LogP contribution in [0.1, 0.15) is 23.1 Å². The van der Waals surface area contributed by atoms with E-state index in [0.29, 0.717) is 24.5 Å². The number of anilines is 1. The van der Waals surface area contributed by atoms with Crippen LogP contribution in [0.15, 0.2) is 10.5 Å². The molecule has 0 bridgehead atoms. The summed E-state index contributed by atoms with van der Waals surface area (Å²) in [7, 11) is 0. The molecular formula is C12H13BrN2O2. The molecule has 2 aliphatic rings. The van der Waals surface area contributed by atoms with Crippen LogP contribution in [-0.4, -0.2) is 19.4 Å².